The van der Waals surface area contributed by atoms with Crippen LogP contribution in [0.15, 0.2) is 40.2 Å². The largest absolute Gasteiger partial charge is 0.492 e. The summed E-state index contributed by atoms with van der Waals surface area (Å²) in [7, 11) is 0. The zero-order chi connectivity index (χ0) is 15.1. The molecule has 0 aliphatic heterocycles. The van der Waals surface area contributed by atoms with E-state index in [4.69, 9.17) is 16.3 Å². The highest BCUT2D eigenvalue weighted by Crippen LogP contribution is 2.24. The Hall–Kier alpha value is -0.550. The van der Waals surface area contributed by atoms with Crippen LogP contribution in [0.4, 0.5) is 0 Å². The lowest BCUT2D eigenvalue weighted by Crippen LogP contribution is -2.37. The highest BCUT2D eigenvalue weighted by atomic mass is 79.9. The van der Waals surface area contributed by atoms with Gasteiger partial charge in [0, 0.05) is 26.8 Å². The van der Waals surface area contributed by atoms with Crippen LogP contribution in [0.5, 0.6) is 5.75 Å². The molecule has 1 aromatic carbocycles. The maximum Gasteiger partial charge on any atom is 0.120 e. The van der Waals surface area contributed by atoms with Gasteiger partial charge in [-0.1, -0.05) is 24.6 Å². The number of hydrogen-bond donors (Lipinski definition) is 1. The van der Waals surface area contributed by atoms with Crippen LogP contribution in [-0.2, 0) is 6.42 Å². The number of benzene rings is 1. The molecule has 0 saturated carbocycles. The van der Waals surface area contributed by atoms with Crippen LogP contribution in [0, 0.1) is 0 Å². The maximum atomic E-state index is 5.98. The Kier molecular flexibility index (Phi) is 7.04. The number of rotatable bonds is 8. The topological polar surface area (TPSA) is 21.3 Å². The molecule has 1 aromatic heterocycles. The Morgan fingerprint density at radius 2 is 2.24 bits per heavy atom. The van der Waals surface area contributed by atoms with Crippen molar-refractivity contribution in [1.29, 1.82) is 0 Å². The second-order valence-electron chi connectivity index (χ2n) is 4.82. The lowest BCUT2D eigenvalue weighted by atomic mass is 10.2. The van der Waals surface area contributed by atoms with E-state index in [-0.39, 0.29) is 0 Å². The van der Waals surface area contributed by atoms with E-state index < -0.39 is 0 Å². The van der Waals surface area contributed by atoms with Crippen LogP contribution >= 0.6 is 38.9 Å². The van der Waals surface area contributed by atoms with Crippen molar-refractivity contribution < 1.29 is 4.74 Å². The van der Waals surface area contributed by atoms with Gasteiger partial charge in [0.05, 0.1) is 0 Å². The molecule has 1 N–H and O–H groups in total. The van der Waals surface area contributed by atoms with Crippen LogP contribution in [0.25, 0.3) is 0 Å². The summed E-state index contributed by atoms with van der Waals surface area (Å²) in [4.78, 5) is 1.35. The molecule has 0 fully saturated rings. The molecule has 0 amide bonds. The van der Waals surface area contributed by atoms with Gasteiger partial charge in [0.1, 0.15) is 12.4 Å². The summed E-state index contributed by atoms with van der Waals surface area (Å²) in [5, 5.41) is 6.35. The zero-order valence-corrected chi connectivity index (χ0v) is 15.1. The van der Waals surface area contributed by atoms with Gasteiger partial charge in [-0.05, 0) is 58.5 Å². The Labute approximate surface area is 143 Å². The van der Waals surface area contributed by atoms with E-state index in [0.717, 1.165) is 25.1 Å². The zero-order valence-electron chi connectivity index (χ0n) is 11.9. The normalized spacial score (nSPS) is 12.3. The van der Waals surface area contributed by atoms with Crippen molar-refractivity contribution in [3.05, 3.63) is 50.1 Å². The van der Waals surface area contributed by atoms with Gasteiger partial charge in [0.25, 0.3) is 0 Å². The molecular weight excluding hydrogens is 370 g/mol. The lowest BCUT2D eigenvalue weighted by molar-refractivity contribution is 0.263. The van der Waals surface area contributed by atoms with Crippen LogP contribution in [0.1, 0.15) is 18.2 Å². The quantitative estimate of drug-likeness (QED) is 0.675. The van der Waals surface area contributed by atoms with Crippen LogP contribution < -0.4 is 10.1 Å². The first kappa shape index (κ1) is 16.8. The molecule has 114 valence electrons. The van der Waals surface area contributed by atoms with Crippen molar-refractivity contribution in [2.75, 3.05) is 13.2 Å². The first-order chi connectivity index (χ1) is 10.2. The summed E-state index contributed by atoms with van der Waals surface area (Å²) < 4.78 is 7.06. The number of hydrogen-bond acceptors (Lipinski definition) is 3. The standard InChI is InChI=1S/C16H19BrClNOS/c1-2-7-19-13(10-16-15(17)6-8-21-16)11-20-14-5-3-4-12(18)9-14/h3-6,8-9,13,19H,2,7,10-11H2,1H3. The maximum absolute atomic E-state index is 5.98. The van der Waals surface area contributed by atoms with E-state index in [1.807, 2.05) is 24.3 Å². The summed E-state index contributed by atoms with van der Waals surface area (Å²) in [6, 6.07) is 9.92. The van der Waals surface area contributed by atoms with Gasteiger partial charge in [0.15, 0.2) is 0 Å². The van der Waals surface area contributed by atoms with Crippen LogP contribution in [-0.4, -0.2) is 19.2 Å². The van der Waals surface area contributed by atoms with Gasteiger partial charge >= 0.3 is 0 Å². The Bertz CT molecular complexity index is 561. The third kappa shape index (κ3) is 5.62. The van der Waals surface area contributed by atoms with E-state index >= 15 is 0 Å². The molecule has 0 radical (unpaired) electrons. The minimum atomic E-state index is 0.291. The summed E-state index contributed by atoms with van der Waals surface area (Å²) in [6.45, 7) is 3.79. The van der Waals surface area contributed by atoms with Gasteiger partial charge in [-0.2, -0.15) is 0 Å². The van der Waals surface area contributed by atoms with E-state index in [9.17, 15) is 0 Å². The van der Waals surface area contributed by atoms with Gasteiger partial charge in [-0.25, -0.2) is 0 Å². The Morgan fingerprint density at radius 1 is 1.38 bits per heavy atom. The first-order valence-corrected chi connectivity index (χ1v) is 9.07. The van der Waals surface area contributed by atoms with E-state index in [1.54, 1.807) is 11.3 Å². The molecule has 1 heterocycles. The van der Waals surface area contributed by atoms with Crippen molar-refractivity contribution in [1.82, 2.24) is 5.32 Å². The molecule has 5 heteroatoms. The number of halogens is 2. The average Bonchev–Trinajstić information content (AvgIpc) is 2.87. The van der Waals surface area contributed by atoms with Gasteiger partial charge in [0.2, 0.25) is 0 Å². The number of ether oxygens (including phenoxy) is 1. The third-order valence-electron chi connectivity index (χ3n) is 3.05. The van der Waals surface area contributed by atoms with Crippen LogP contribution in [0.2, 0.25) is 5.02 Å². The molecule has 0 aliphatic carbocycles. The predicted molar refractivity (Wildman–Crippen MR) is 94.8 cm³/mol. The van der Waals surface area contributed by atoms with Crippen molar-refractivity contribution in [3.8, 4) is 5.75 Å². The predicted octanol–water partition coefficient (Wildman–Crippen LogP) is 5.15. The summed E-state index contributed by atoms with van der Waals surface area (Å²) in [5.41, 5.74) is 0. The monoisotopic (exact) mass is 387 g/mol. The van der Waals surface area contributed by atoms with E-state index in [1.165, 1.54) is 9.35 Å². The molecular formula is C16H19BrClNOS. The fraction of sp³-hybridized carbons (Fsp3) is 0.375. The van der Waals surface area contributed by atoms with E-state index in [2.05, 4.69) is 39.6 Å². The van der Waals surface area contributed by atoms with Gasteiger partial charge in [-0.15, -0.1) is 11.3 Å². The first-order valence-electron chi connectivity index (χ1n) is 7.02. The van der Waals surface area contributed by atoms with Gasteiger partial charge < -0.3 is 10.1 Å². The second-order valence-corrected chi connectivity index (χ2v) is 7.11. The molecule has 0 bridgehead atoms. The second kappa shape index (κ2) is 8.79. The van der Waals surface area contributed by atoms with Gasteiger partial charge in [-0.3, -0.25) is 0 Å². The molecule has 2 nitrogen and oxygen atoms in total. The summed E-state index contributed by atoms with van der Waals surface area (Å²) in [5.74, 6) is 0.816. The molecule has 2 aromatic rings. The third-order valence-corrected chi connectivity index (χ3v) is 5.24. The minimum Gasteiger partial charge on any atom is -0.492 e. The average molecular weight is 389 g/mol. The van der Waals surface area contributed by atoms with Crippen molar-refractivity contribution >= 4 is 38.9 Å². The van der Waals surface area contributed by atoms with Crippen molar-refractivity contribution in [2.45, 2.75) is 25.8 Å². The fourth-order valence-corrected chi connectivity index (χ4v) is 3.76. The Balaban J connectivity index is 1.94. The molecule has 1 atom stereocenters. The van der Waals surface area contributed by atoms with Crippen LogP contribution in [0.3, 0.4) is 0 Å². The fourth-order valence-electron chi connectivity index (χ4n) is 1.99. The minimum absolute atomic E-state index is 0.291. The summed E-state index contributed by atoms with van der Waals surface area (Å²) in [6.07, 6.45) is 2.07. The molecule has 0 spiro atoms. The van der Waals surface area contributed by atoms with Crippen molar-refractivity contribution in [2.24, 2.45) is 0 Å². The SMILES string of the molecule is CCCNC(COc1cccc(Cl)c1)Cc1sccc1Br. The molecule has 0 aliphatic rings. The van der Waals surface area contributed by atoms with E-state index in [0.29, 0.717) is 17.7 Å². The highest BCUT2D eigenvalue weighted by molar-refractivity contribution is 9.10. The molecule has 0 saturated heterocycles. The van der Waals surface area contributed by atoms with Crippen molar-refractivity contribution in [3.63, 3.8) is 0 Å². The molecule has 1 unspecified atom stereocenters. The summed E-state index contributed by atoms with van der Waals surface area (Å²) >= 11 is 11.3. The Morgan fingerprint density at radius 3 is 2.90 bits per heavy atom. The number of thiophene rings is 1. The molecule has 2 rings (SSSR count). The highest BCUT2D eigenvalue weighted by Gasteiger charge is 2.13. The molecule has 21 heavy (non-hydrogen) atoms. The number of nitrogens with one attached hydrogen (secondary N) is 1. The lowest BCUT2D eigenvalue weighted by Gasteiger charge is -2.19. The smallest absolute Gasteiger partial charge is 0.120 e.